The zero-order valence-corrected chi connectivity index (χ0v) is 25.9. The molecule has 1 aliphatic carbocycles. The highest BCUT2D eigenvalue weighted by molar-refractivity contribution is 6.31. The van der Waals surface area contributed by atoms with E-state index in [4.69, 9.17) is 26.0 Å². The number of furan rings is 1. The van der Waals surface area contributed by atoms with E-state index in [2.05, 4.69) is 97.3 Å². The molecule has 9 aromatic rings. The number of fused-ring (bicyclic) bond motifs is 11. The number of benzene rings is 6. The third-order valence-electron chi connectivity index (χ3n) is 9.86. The van der Waals surface area contributed by atoms with Crippen molar-refractivity contribution < 1.29 is 4.42 Å². The monoisotopic (exact) mass is 611 g/mol. The Bertz CT molecular complexity index is 2750. The fraction of sp³-hybridized carbons (Fsp3) is 0.0732. The van der Waals surface area contributed by atoms with E-state index >= 15 is 0 Å². The summed E-state index contributed by atoms with van der Waals surface area (Å²) in [7, 11) is 0. The van der Waals surface area contributed by atoms with Crippen molar-refractivity contribution in [3.63, 3.8) is 0 Å². The lowest BCUT2D eigenvalue weighted by atomic mass is 9.81. The van der Waals surface area contributed by atoms with E-state index in [0.29, 0.717) is 11.0 Å². The molecule has 0 saturated heterocycles. The standard InChI is InChI=1S/C41H26ClN3O/c1-41(2)32-15-6-3-10-24(32)27-20-21-28-25-19-18-23(42)22-34(25)45(38(28)36(27)41)40-43-33-16-7-4-12-30(33)37(44-40)31-14-9-13-29-26-11-5-8-17-35(26)46-39(29)31/h3-22H,1-2H3. The fourth-order valence-corrected chi connectivity index (χ4v) is 8.01. The highest BCUT2D eigenvalue weighted by atomic mass is 35.5. The smallest absolute Gasteiger partial charge is 0.235 e. The second kappa shape index (κ2) is 9.06. The number of halogens is 1. The first kappa shape index (κ1) is 25.8. The third-order valence-corrected chi connectivity index (χ3v) is 10.1. The van der Waals surface area contributed by atoms with Crippen LogP contribution in [0.1, 0.15) is 25.0 Å². The molecule has 0 spiro atoms. The molecule has 0 fully saturated rings. The van der Waals surface area contributed by atoms with Gasteiger partial charge < -0.3 is 4.42 Å². The summed E-state index contributed by atoms with van der Waals surface area (Å²) in [5.74, 6) is 0.601. The van der Waals surface area contributed by atoms with E-state index in [1.165, 1.54) is 22.3 Å². The van der Waals surface area contributed by atoms with Crippen molar-refractivity contribution in [2.75, 3.05) is 0 Å². The topological polar surface area (TPSA) is 43.9 Å². The van der Waals surface area contributed by atoms with Gasteiger partial charge in [0.05, 0.1) is 22.2 Å². The summed E-state index contributed by atoms with van der Waals surface area (Å²) in [5, 5.41) is 6.07. The van der Waals surface area contributed by atoms with Gasteiger partial charge in [-0.3, -0.25) is 4.57 Å². The second-order valence-electron chi connectivity index (χ2n) is 12.7. The van der Waals surface area contributed by atoms with Crippen LogP contribution in [0, 0.1) is 0 Å². The SMILES string of the molecule is CC1(C)c2ccccc2-c2ccc3c4ccc(Cl)cc4n(-c4nc(-c5cccc6c5oc5ccccc56)c5ccccc5n4)c3c21. The van der Waals surface area contributed by atoms with Crippen LogP contribution in [0.5, 0.6) is 0 Å². The highest BCUT2D eigenvalue weighted by Gasteiger charge is 2.38. The summed E-state index contributed by atoms with van der Waals surface area (Å²) in [6, 6.07) is 42.1. The third kappa shape index (κ3) is 3.34. The zero-order chi connectivity index (χ0) is 30.7. The van der Waals surface area contributed by atoms with Crippen LogP contribution in [-0.2, 0) is 5.41 Å². The molecule has 0 N–H and O–H groups in total. The Labute approximate surface area is 269 Å². The molecule has 0 atom stereocenters. The highest BCUT2D eigenvalue weighted by Crippen LogP contribution is 2.53. The van der Waals surface area contributed by atoms with Crippen molar-refractivity contribution in [2.24, 2.45) is 0 Å². The Morgan fingerprint density at radius 1 is 0.630 bits per heavy atom. The summed E-state index contributed by atoms with van der Waals surface area (Å²) < 4.78 is 8.75. The molecule has 6 aromatic carbocycles. The molecule has 1 aliphatic rings. The van der Waals surface area contributed by atoms with Crippen LogP contribution >= 0.6 is 11.6 Å². The van der Waals surface area contributed by atoms with Crippen LogP contribution in [0.3, 0.4) is 0 Å². The van der Waals surface area contributed by atoms with E-state index in [9.17, 15) is 0 Å². The van der Waals surface area contributed by atoms with E-state index < -0.39 is 0 Å². The van der Waals surface area contributed by atoms with Crippen molar-refractivity contribution in [3.8, 4) is 28.3 Å². The summed E-state index contributed by atoms with van der Waals surface area (Å²) in [6.45, 7) is 4.64. The zero-order valence-electron chi connectivity index (χ0n) is 25.2. The molecule has 0 aliphatic heterocycles. The van der Waals surface area contributed by atoms with E-state index in [1.54, 1.807) is 0 Å². The number of para-hydroxylation sites is 3. The molecule has 4 nitrogen and oxygen atoms in total. The van der Waals surface area contributed by atoms with Gasteiger partial charge in [-0.25, -0.2) is 9.97 Å². The maximum atomic E-state index is 6.71. The maximum absolute atomic E-state index is 6.71. The maximum Gasteiger partial charge on any atom is 0.235 e. The van der Waals surface area contributed by atoms with Crippen LogP contribution in [0.2, 0.25) is 5.02 Å². The lowest BCUT2D eigenvalue weighted by molar-refractivity contribution is 0.663. The van der Waals surface area contributed by atoms with Crippen LogP contribution in [0.25, 0.3) is 83.0 Å². The lowest BCUT2D eigenvalue weighted by Crippen LogP contribution is -2.17. The van der Waals surface area contributed by atoms with Gasteiger partial charge in [0.15, 0.2) is 0 Å². The van der Waals surface area contributed by atoms with Gasteiger partial charge in [0.2, 0.25) is 5.95 Å². The van der Waals surface area contributed by atoms with Gasteiger partial charge >= 0.3 is 0 Å². The number of aromatic nitrogens is 3. The molecule has 0 bridgehead atoms. The Morgan fingerprint density at radius 3 is 2.28 bits per heavy atom. The number of hydrogen-bond acceptors (Lipinski definition) is 3. The van der Waals surface area contributed by atoms with Gasteiger partial charge in [-0.2, -0.15) is 0 Å². The van der Waals surface area contributed by atoms with Crippen LogP contribution in [0.15, 0.2) is 126 Å². The number of nitrogens with zero attached hydrogens (tertiary/aromatic N) is 3. The van der Waals surface area contributed by atoms with Gasteiger partial charge in [0.25, 0.3) is 0 Å². The molecule has 3 heterocycles. The van der Waals surface area contributed by atoms with E-state index in [1.807, 2.05) is 42.5 Å². The van der Waals surface area contributed by atoms with Crippen molar-refractivity contribution in [2.45, 2.75) is 19.3 Å². The van der Waals surface area contributed by atoms with E-state index in [0.717, 1.165) is 65.9 Å². The van der Waals surface area contributed by atoms with E-state index in [-0.39, 0.29) is 5.41 Å². The van der Waals surface area contributed by atoms with Crippen LogP contribution in [0.4, 0.5) is 0 Å². The number of hydrogen-bond donors (Lipinski definition) is 0. The Kier molecular flexibility index (Phi) is 5.09. The molecular formula is C41H26ClN3O. The normalized spacial score (nSPS) is 13.7. The quantitative estimate of drug-likeness (QED) is 0.195. The predicted octanol–water partition coefficient (Wildman–Crippen LogP) is 11.3. The van der Waals surface area contributed by atoms with Gasteiger partial charge in [-0.05, 0) is 52.6 Å². The molecule has 5 heteroatoms. The first-order valence-electron chi connectivity index (χ1n) is 15.5. The van der Waals surface area contributed by atoms with Gasteiger partial charge in [0.1, 0.15) is 11.2 Å². The first-order chi connectivity index (χ1) is 22.5. The number of rotatable bonds is 2. The van der Waals surface area contributed by atoms with Crippen molar-refractivity contribution in [3.05, 3.63) is 137 Å². The molecule has 0 saturated carbocycles. The summed E-state index contributed by atoms with van der Waals surface area (Å²) >= 11 is 6.71. The largest absolute Gasteiger partial charge is 0.455 e. The fourth-order valence-electron chi connectivity index (χ4n) is 7.84. The molecule has 218 valence electrons. The Balaban J connectivity index is 1.36. The van der Waals surface area contributed by atoms with Crippen LogP contribution in [-0.4, -0.2) is 14.5 Å². The second-order valence-corrected chi connectivity index (χ2v) is 13.2. The molecule has 0 unspecified atom stereocenters. The Hall–Kier alpha value is -5.45. The van der Waals surface area contributed by atoms with Gasteiger partial charge in [-0.1, -0.05) is 116 Å². The van der Waals surface area contributed by atoms with Gasteiger partial charge in [-0.15, -0.1) is 0 Å². The molecule has 46 heavy (non-hydrogen) atoms. The van der Waals surface area contributed by atoms with Crippen LogP contribution < -0.4 is 0 Å². The predicted molar refractivity (Wildman–Crippen MR) is 189 cm³/mol. The molecule has 3 aromatic heterocycles. The van der Waals surface area contributed by atoms with Gasteiger partial charge in [0, 0.05) is 42.9 Å². The minimum atomic E-state index is -0.235. The molecular weight excluding hydrogens is 586 g/mol. The minimum absolute atomic E-state index is 0.235. The lowest BCUT2D eigenvalue weighted by Gasteiger charge is -2.23. The summed E-state index contributed by atoms with van der Waals surface area (Å²) in [4.78, 5) is 10.7. The molecule has 0 amide bonds. The summed E-state index contributed by atoms with van der Waals surface area (Å²) in [5.41, 5.74) is 11.3. The molecule has 10 rings (SSSR count). The molecule has 0 radical (unpaired) electrons. The van der Waals surface area contributed by atoms with Crippen molar-refractivity contribution >= 4 is 66.2 Å². The average molecular weight is 612 g/mol. The Morgan fingerprint density at radius 2 is 1.37 bits per heavy atom. The first-order valence-corrected chi connectivity index (χ1v) is 15.9. The van der Waals surface area contributed by atoms with Crippen molar-refractivity contribution in [1.29, 1.82) is 0 Å². The summed E-state index contributed by atoms with van der Waals surface area (Å²) in [6.07, 6.45) is 0. The average Bonchev–Trinajstić information content (AvgIpc) is 3.70. The minimum Gasteiger partial charge on any atom is -0.455 e. The van der Waals surface area contributed by atoms with Crippen molar-refractivity contribution in [1.82, 2.24) is 14.5 Å².